The molecule has 0 spiro atoms. The van der Waals surface area contributed by atoms with E-state index in [4.69, 9.17) is 17.3 Å². The minimum Gasteiger partial charge on any atom is -0.345 e. The summed E-state index contributed by atoms with van der Waals surface area (Å²) in [5.41, 5.74) is 5.72. The second kappa shape index (κ2) is 7.44. The molecule has 0 aliphatic heterocycles. The molecule has 0 aromatic carbocycles. The fourth-order valence-corrected chi connectivity index (χ4v) is 3.90. The third kappa shape index (κ3) is 4.81. The van der Waals surface area contributed by atoms with Gasteiger partial charge in [-0.05, 0) is 42.3 Å². The quantitative estimate of drug-likeness (QED) is 0.611. The van der Waals surface area contributed by atoms with E-state index in [1.807, 2.05) is 0 Å². The average Bonchev–Trinajstić information content (AvgIpc) is 2.52. The molecule has 1 saturated carbocycles. The number of aromatic nitrogens is 1. The van der Waals surface area contributed by atoms with Crippen LogP contribution >= 0.6 is 11.6 Å². The lowest BCUT2D eigenvalue weighted by molar-refractivity contribution is -0.228. The van der Waals surface area contributed by atoms with Gasteiger partial charge in [-0.3, -0.25) is 0 Å². The van der Waals surface area contributed by atoms with E-state index in [0.29, 0.717) is 12.8 Å². The highest BCUT2D eigenvalue weighted by Gasteiger charge is 2.46. The number of carbonyl (C=O) groups excluding carboxylic acids is 1. The lowest BCUT2D eigenvalue weighted by Gasteiger charge is -2.33. The molecule has 1 aliphatic rings. The van der Waals surface area contributed by atoms with E-state index >= 15 is 0 Å². The Kier molecular flexibility index (Phi) is 5.92. The van der Waals surface area contributed by atoms with Gasteiger partial charge in [-0.25, -0.2) is 18.2 Å². The number of rotatable bonds is 4. The van der Waals surface area contributed by atoms with Gasteiger partial charge in [0.15, 0.2) is 0 Å². The number of pyridine rings is 1. The first-order valence-electron chi connectivity index (χ1n) is 7.22. The molecule has 0 unspecified atom stereocenters. The Labute approximate surface area is 146 Å². The summed E-state index contributed by atoms with van der Waals surface area (Å²) >= 11 is 5.58. The van der Waals surface area contributed by atoms with E-state index in [1.165, 1.54) is 0 Å². The molecule has 1 aromatic rings. The van der Waals surface area contributed by atoms with Gasteiger partial charge in [-0.1, -0.05) is 11.6 Å². The lowest BCUT2D eigenvalue weighted by Crippen LogP contribution is -2.47. The van der Waals surface area contributed by atoms with Gasteiger partial charge in [-0.15, -0.1) is 0 Å². The lowest BCUT2D eigenvalue weighted by atomic mass is 9.92. The molecule has 1 heterocycles. The third-order valence-corrected chi connectivity index (χ3v) is 5.59. The van der Waals surface area contributed by atoms with Gasteiger partial charge < -0.3 is 10.6 Å². The molecule has 7 nitrogen and oxygen atoms in total. The van der Waals surface area contributed by atoms with E-state index < -0.39 is 33.1 Å². The standard InChI is InChI=1S/C13H15ClF3N3O4S/c14-11-6-5-10(7-19-11)25(22,23)20(24-12(21)13(15,16)17)9-3-1-8(18)2-4-9/h5-9H,1-4,18H2. The highest BCUT2D eigenvalue weighted by atomic mass is 35.5. The molecular formula is C13H15ClF3N3O4S. The van der Waals surface area contributed by atoms with Gasteiger partial charge in [0, 0.05) is 12.2 Å². The van der Waals surface area contributed by atoms with Crippen molar-refractivity contribution in [1.82, 2.24) is 9.45 Å². The smallest absolute Gasteiger partial charge is 0.345 e. The molecule has 0 amide bonds. The van der Waals surface area contributed by atoms with E-state index in [1.54, 1.807) is 0 Å². The molecule has 1 fully saturated rings. The third-order valence-electron chi connectivity index (χ3n) is 3.68. The van der Waals surface area contributed by atoms with Crippen molar-refractivity contribution in [2.75, 3.05) is 0 Å². The van der Waals surface area contributed by atoms with Gasteiger partial charge in [0.1, 0.15) is 10.0 Å². The van der Waals surface area contributed by atoms with Crippen molar-refractivity contribution in [3.8, 4) is 0 Å². The summed E-state index contributed by atoms with van der Waals surface area (Å²) in [4.78, 5) is 18.6. The van der Waals surface area contributed by atoms with Crippen molar-refractivity contribution in [2.24, 2.45) is 5.73 Å². The zero-order valence-electron chi connectivity index (χ0n) is 12.7. The molecule has 0 radical (unpaired) electrons. The zero-order chi connectivity index (χ0) is 18.8. The summed E-state index contributed by atoms with van der Waals surface area (Å²) in [6.07, 6.45) is -3.37. The average molecular weight is 402 g/mol. The maximum atomic E-state index is 12.7. The van der Waals surface area contributed by atoms with Crippen LogP contribution in [0.25, 0.3) is 0 Å². The number of nitrogens with two attached hydrogens (primary N) is 1. The highest BCUT2D eigenvalue weighted by Crippen LogP contribution is 2.29. The minimum absolute atomic E-state index is 0.00132. The van der Waals surface area contributed by atoms with Crippen LogP contribution < -0.4 is 5.73 Å². The first-order chi connectivity index (χ1) is 11.5. The van der Waals surface area contributed by atoms with E-state index in [9.17, 15) is 26.4 Å². The second-order valence-corrected chi connectivity index (χ2v) is 7.69. The Balaban J connectivity index is 2.35. The van der Waals surface area contributed by atoms with Crippen molar-refractivity contribution in [3.63, 3.8) is 0 Å². The topological polar surface area (TPSA) is 103 Å². The maximum absolute atomic E-state index is 12.7. The zero-order valence-corrected chi connectivity index (χ0v) is 14.3. The Morgan fingerprint density at radius 2 is 1.88 bits per heavy atom. The van der Waals surface area contributed by atoms with E-state index in [2.05, 4.69) is 9.82 Å². The van der Waals surface area contributed by atoms with Crippen LogP contribution in [-0.2, 0) is 19.7 Å². The summed E-state index contributed by atoms with van der Waals surface area (Å²) in [5.74, 6) is -2.62. The molecule has 25 heavy (non-hydrogen) atoms. The molecular weight excluding hydrogens is 387 g/mol. The molecule has 0 bridgehead atoms. The fourth-order valence-electron chi connectivity index (χ4n) is 2.38. The van der Waals surface area contributed by atoms with Gasteiger partial charge in [0.05, 0.1) is 6.04 Å². The van der Waals surface area contributed by atoms with Crippen LogP contribution in [0.15, 0.2) is 23.2 Å². The van der Waals surface area contributed by atoms with Crippen LogP contribution in [-0.4, -0.2) is 42.1 Å². The number of hydroxylamine groups is 1. The SMILES string of the molecule is NC1CCC(N(OC(=O)C(F)(F)F)S(=O)(=O)c2ccc(Cl)nc2)CC1. The predicted octanol–water partition coefficient (Wildman–Crippen LogP) is 2.02. The molecule has 1 aliphatic carbocycles. The maximum Gasteiger partial charge on any atom is 0.492 e. The first kappa shape index (κ1) is 19.9. The molecule has 1 aromatic heterocycles. The van der Waals surface area contributed by atoms with Crippen molar-refractivity contribution in [1.29, 1.82) is 0 Å². The highest BCUT2D eigenvalue weighted by molar-refractivity contribution is 7.89. The van der Waals surface area contributed by atoms with Crippen molar-refractivity contribution >= 4 is 27.6 Å². The number of hydrogen-bond donors (Lipinski definition) is 1. The number of sulfonamides is 1. The normalized spacial score (nSPS) is 22.0. The monoisotopic (exact) mass is 401 g/mol. The number of alkyl halides is 3. The Morgan fingerprint density at radius 3 is 2.36 bits per heavy atom. The number of nitrogens with zero attached hydrogens (tertiary/aromatic N) is 2. The molecule has 12 heteroatoms. The number of halogens is 4. The van der Waals surface area contributed by atoms with Gasteiger partial charge in [0.2, 0.25) is 0 Å². The largest absolute Gasteiger partial charge is 0.492 e. The molecule has 0 saturated heterocycles. The van der Waals surface area contributed by atoms with E-state index in [0.717, 1.165) is 18.3 Å². The molecule has 140 valence electrons. The minimum atomic E-state index is -5.34. The summed E-state index contributed by atoms with van der Waals surface area (Å²) in [7, 11) is -4.56. The fraction of sp³-hybridized carbons (Fsp3) is 0.538. The summed E-state index contributed by atoms with van der Waals surface area (Å²) in [5, 5.41) is 0.00132. The van der Waals surface area contributed by atoms with Crippen LogP contribution in [0.3, 0.4) is 0 Å². The van der Waals surface area contributed by atoms with Crippen molar-refractivity contribution in [2.45, 2.75) is 48.8 Å². The molecule has 2 N–H and O–H groups in total. The summed E-state index contributed by atoms with van der Waals surface area (Å²) < 4.78 is 63.0. The van der Waals surface area contributed by atoms with Crippen LogP contribution in [0.1, 0.15) is 25.7 Å². The predicted molar refractivity (Wildman–Crippen MR) is 80.7 cm³/mol. The van der Waals surface area contributed by atoms with Crippen LogP contribution in [0.2, 0.25) is 5.15 Å². The first-order valence-corrected chi connectivity index (χ1v) is 9.04. The summed E-state index contributed by atoms with van der Waals surface area (Å²) in [6, 6.07) is 1.09. The van der Waals surface area contributed by atoms with Crippen LogP contribution in [0, 0.1) is 0 Å². The number of hydrogen-bond acceptors (Lipinski definition) is 6. The summed E-state index contributed by atoms with van der Waals surface area (Å²) in [6.45, 7) is 0. The van der Waals surface area contributed by atoms with Gasteiger partial charge >= 0.3 is 12.1 Å². The Hall–Kier alpha value is -1.43. The van der Waals surface area contributed by atoms with Crippen molar-refractivity contribution in [3.05, 3.63) is 23.5 Å². The van der Waals surface area contributed by atoms with Gasteiger partial charge in [-0.2, -0.15) is 13.2 Å². The van der Waals surface area contributed by atoms with Gasteiger partial charge in [0.25, 0.3) is 10.0 Å². The molecule has 2 rings (SSSR count). The van der Waals surface area contributed by atoms with Crippen LogP contribution in [0.5, 0.6) is 0 Å². The Bertz CT molecular complexity index is 719. The molecule has 0 atom stereocenters. The number of carbonyl (C=O) groups is 1. The van der Waals surface area contributed by atoms with E-state index in [-0.39, 0.29) is 28.5 Å². The van der Waals surface area contributed by atoms with Crippen LogP contribution in [0.4, 0.5) is 13.2 Å². The second-order valence-electron chi connectivity index (χ2n) is 5.52. The Morgan fingerprint density at radius 1 is 1.28 bits per heavy atom. The van der Waals surface area contributed by atoms with Crippen molar-refractivity contribution < 1.29 is 31.2 Å².